The molecule has 11 heteroatoms. The van der Waals surface area contributed by atoms with Crippen LogP contribution < -0.4 is 11.1 Å². The summed E-state index contributed by atoms with van der Waals surface area (Å²) in [6.45, 7) is 5.14. The maximum atomic E-state index is 13.4. The van der Waals surface area contributed by atoms with Crippen LogP contribution >= 0.6 is 11.3 Å². The zero-order valence-corrected chi connectivity index (χ0v) is 17.7. The molecule has 1 unspecified atom stereocenters. The molecular formula is C17H23N7O2S2. The van der Waals surface area contributed by atoms with Crippen LogP contribution in [0.5, 0.6) is 0 Å². The van der Waals surface area contributed by atoms with Crippen molar-refractivity contribution in [2.75, 3.05) is 18.1 Å². The fraction of sp³-hybridized carbons (Fsp3) is 0.294. The third-order valence-corrected chi connectivity index (χ3v) is 6.32. The van der Waals surface area contributed by atoms with Gasteiger partial charge in [-0.3, -0.25) is 0 Å². The summed E-state index contributed by atoms with van der Waals surface area (Å²) >= 11 is 1.14. The summed E-state index contributed by atoms with van der Waals surface area (Å²) in [5, 5.41) is 19.6. The molecule has 1 aromatic carbocycles. The zero-order chi connectivity index (χ0) is 20.8. The van der Waals surface area contributed by atoms with Gasteiger partial charge in [-0.2, -0.15) is 10.2 Å². The van der Waals surface area contributed by atoms with Crippen molar-refractivity contribution in [3.8, 4) is 0 Å². The number of nitrogens with zero attached hydrogens (tertiary/aromatic N) is 5. The van der Waals surface area contributed by atoms with Gasteiger partial charge < -0.3 is 11.1 Å². The minimum Gasteiger partial charge on any atom is -0.374 e. The van der Waals surface area contributed by atoms with Crippen LogP contribution in [0.1, 0.15) is 20.8 Å². The maximum absolute atomic E-state index is 13.4. The van der Waals surface area contributed by atoms with Gasteiger partial charge in [-0.05, 0) is 32.9 Å². The van der Waals surface area contributed by atoms with Crippen LogP contribution in [0.15, 0.2) is 69.5 Å². The number of aromatic nitrogens is 2. The SMILES string of the molecule is C/C=C\N(C(C)(/N=N\C)/C(=C/C)Nc1nnc(N)s1)S(=O)(=O)c1ccccc1. The molecule has 0 fully saturated rings. The highest BCUT2D eigenvalue weighted by Crippen LogP contribution is 2.34. The number of sulfonamides is 1. The predicted octanol–water partition coefficient (Wildman–Crippen LogP) is 3.46. The van der Waals surface area contributed by atoms with Gasteiger partial charge in [0.05, 0.1) is 10.6 Å². The number of allylic oxidation sites excluding steroid dienone is 2. The third-order valence-electron chi connectivity index (χ3n) is 3.79. The molecule has 0 saturated carbocycles. The molecule has 0 radical (unpaired) electrons. The maximum Gasteiger partial charge on any atom is 0.266 e. The fourth-order valence-electron chi connectivity index (χ4n) is 2.58. The molecule has 0 amide bonds. The van der Waals surface area contributed by atoms with Crippen LogP contribution in [0.2, 0.25) is 0 Å². The van der Waals surface area contributed by atoms with Crippen LogP contribution in [0.4, 0.5) is 10.3 Å². The highest BCUT2D eigenvalue weighted by molar-refractivity contribution is 7.89. The lowest BCUT2D eigenvalue weighted by Gasteiger charge is -2.37. The molecular weight excluding hydrogens is 398 g/mol. The van der Waals surface area contributed by atoms with Crippen molar-refractivity contribution >= 4 is 31.6 Å². The average molecular weight is 422 g/mol. The average Bonchev–Trinajstić information content (AvgIpc) is 3.09. The van der Waals surface area contributed by atoms with E-state index in [0.29, 0.717) is 16.0 Å². The van der Waals surface area contributed by atoms with Crippen LogP contribution in [0.3, 0.4) is 0 Å². The number of nitrogens with two attached hydrogens (primary N) is 1. The standard InChI is InChI=1S/C17H23N7O2S2/c1-5-12-24(28(25,26)13-10-8-7-9-11-13)17(3,23-19-4)14(6-2)20-16-22-21-15(18)27-16/h5-12H,1-4H3,(H2,18,21)(H,20,22)/b12-5-,14-6-,23-19-. The smallest absolute Gasteiger partial charge is 0.266 e. The minimum absolute atomic E-state index is 0.140. The topological polar surface area (TPSA) is 126 Å². The van der Waals surface area contributed by atoms with E-state index in [1.54, 1.807) is 51.1 Å². The summed E-state index contributed by atoms with van der Waals surface area (Å²) in [5.74, 6) is 0. The lowest BCUT2D eigenvalue weighted by atomic mass is 10.1. The molecule has 0 spiro atoms. The highest BCUT2D eigenvalue weighted by atomic mass is 32.2. The van der Waals surface area contributed by atoms with E-state index in [1.165, 1.54) is 25.4 Å². The van der Waals surface area contributed by atoms with Crippen molar-refractivity contribution in [1.82, 2.24) is 14.5 Å². The van der Waals surface area contributed by atoms with E-state index >= 15 is 0 Å². The van der Waals surface area contributed by atoms with E-state index in [-0.39, 0.29) is 4.90 Å². The van der Waals surface area contributed by atoms with Crippen molar-refractivity contribution < 1.29 is 8.42 Å². The molecule has 3 N–H and O–H groups in total. The summed E-state index contributed by atoms with van der Waals surface area (Å²) in [4.78, 5) is 0.140. The first-order valence-corrected chi connectivity index (χ1v) is 10.6. The highest BCUT2D eigenvalue weighted by Gasteiger charge is 2.42. The Labute approximate surface area is 168 Å². The summed E-state index contributed by atoms with van der Waals surface area (Å²) in [6.07, 6.45) is 4.79. The Morgan fingerprint density at radius 1 is 1.29 bits per heavy atom. The molecule has 28 heavy (non-hydrogen) atoms. The number of azo groups is 1. The number of nitrogens with one attached hydrogen (secondary N) is 1. The largest absolute Gasteiger partial charge is 0.374 e. The van der Waals surface area contributed by atoms with Crippen molar-refractivity contribution in [2.24, 2.45) is 10.2 Å². The normalized spacial score (nSPS) is 15.1. The van der Waals surface area contributed by atoms with E-state index in [9.17, 15) is 8.42 Å². The molecule has 9 nitrogen and oxygen atoms in total. The molecule has 0 saturated heterocycles. The van der Waals surface area contributed by atoms with Crippen LogP contribution in [-0.4, -0.2) is 35.6 Å². The number of benzene rings is 1. The summed E-state index contributed by atoms with van der Waals surface area (Å²) in [7, 11) is -2.45. The van der Waals surface area contributed by atoms with Gasteiger partial charge in [0.1, 0.15) is 0 Å². The van der Waals surface area contributed by atoms with Crippen molar-refractivity contribution in [1.29, 1.82) is 0 Å². The minimum atomic E-state index is -3.93. The molecule has 0 aliphatic carbocycles. The number of rotatable bonds is 8. The Kier molecular flexibility index (Phi) is 6.86. The van der Waals surface area contributed by atoms with E-state index in [4.69, 9.17) is 5.73 Å². The van der Waals surface area contributed by atoms with Gasteiger partial charge in [0, 0.05) is 13.2 Å². The Hall–Kier alpha value is -2.79. The zero-order valence-electron chi connectivity index (χ0n) is 16.1. The molecule has 1 aromatic heterocycles. The first-order valence-electron chi connectivity index (χ1n) is 8.35. The van der Waals surface area contributed by atoms with E-state index in [1.807, 2.05) is 0 Å². The van der Waals surface area contributed by atoms with E-state index < -0.39 is 15.7 Å². The lowest BCUT2D eigenvalue weighted by molar-refractivity contribution is 0.312. The van der Waals surface area contributed by atoms with E-state index in [0.717, 1.165) is 15.6 Å². The second-order valence-electron chi connectivity index (χ2n) is 5.69. The summed E-state index contributed by atoms with van der Waals surface area (Å²) < 4.78 is 27.9. The Morgan fingerprint density at radius 3 is 2.46 bits per heavy atom. The summed E-state index contributed by atoms with van der Waals surface area (Å²) in [5.41, 5.74) is 4.70. The first-order chi connectivity index (χ1) is 13.3. The molecule has 0 bridgehead atoms. The Balaban J connectivity index is 2.60. The molecule has 1 atom stereocenters. The molecule has 2 aromatic rings. The van der Waals surface area contributed by atoms with Gasteiger partial charge in [-0.15, -0.1) is 10.2 Å². The van der Waals surface area contributed by atoms with Crippen LogP contribution in [-0.2, 0) is 10.0 Å². The molecule has 150 valence electrons. The number of nitrogen functional groups attached to an aromatic ring is 1. The molecule has 1 heterocycles. The van der Waals surface area contributed by atoms with Gasteiger partial charge in [0.15, 0.2) is 0 Å². The second kappa shape index (κ2) is 8.93. The van der Waals surface area contributed by atoms with Gasteiger partial charge in [0.25, 0.3) is 10.0 Å². The number of hydrogen-bond acceptors (Lipinski definition) is 9. The molecule has 0 aliphatic rings. The van der Waals surface area contributed by atoms with Gasteiger partial charge in [0.2, 0.25) is 15.9 Å². The molecule has 2 rings (SSSR count). The quantitative estimate of drug-likeness (QED) is 0.629. The first kappa shape index (κ1) is 21.5. The monoisotopic (exact) mass is 421 g/mol. The fourth-order valence-corrected chi connectivity index (χ4v) is 4.71. The Morgan fingerprint density at radius 2 is 1.96 bits per heavy atom. The lowest BCUT2D eigenvalue weighted by Crippen LogP contribution is -2.48. The predicted molar refractivity (Wildman–Crippen MR) is 111 cm³/mol. The van der Waals surface area contributed by atoms with Crippen LogP contribution in [0.25, 0.3) is 0 Å². The third kappa shape index (κ3) is 4.37. The number of anilines is 2. The van der Waals surface area contributed by atoms with Gasteiger partial charge >= 0.3 is 0 Å². The van der Waals surface area contributed by atoms with Gasteiger partial charge in [-0.1, -0.05) is 41.7 Å². The Bertz CT molecular complexity index is 984. The van der Waals surface area contributed by atoms with E-state index in [2.05, 4.69) is 25.7 Å². The summed E-state index contributed by atoms with van der Waals surface area (Å²) in [6, 6.07) is 8.15. The van der Waals surface area contributed by atoms with Crippen molar-refractivity contribution in [3.63, 3.8) is 0 Å². The second-order valence-corrected chi connectivity index (χ2v) is 8.51. The van der Waals surface area contributed by atoms with Crippen LogP contribution in [0, 0.1) is 0 Å². The molecule has 0 aliphatic heterocycles. The van der Waals surface area contributed by atoms with Crippen molar-refractivity contribution in [3.05, 3.63) is 54.4 Å². The van der Waals surface area contributed by atoms with Gasteiger partial charge in [-0.25, -0.2) is 12.7 Å². The van der Waals surface area contributed by atoms with Crippen molar-refractivity contribution in [2.45, 2.75) is 31.3 Å². The number of hydrogen-bond donors (Lipinski definition) is 2.